The van der Waals surface area contributed by atoms with Crippen molar-refractivity contribution in [2.75, 3.05) is 5.32 Å². The molecule has 1 nitrogen and oxygen atoms in total. The summed E-state index contributed by atoms with van der Waals surface area (Å²) in [7, 11) is 0. The van der Waals surface area contributed by atoms with Crippen LogP contribution in [0, 0.1) is 0 Å². The van der Waals surface area contributed by atoms with Gasteiger partial charge in [-0.3, -0.25) is 0 Å². The molecule has 2 atom stereocenters. The summed E-state index contributed by atoms with van der Waals surface area (Å²) in [6.45, 7) is 4.57. The van der Waals surface area contributed by atoms with Gasteiger partial charge >= 0.3 is 0 Å². The molecule has 0 fully saturated rings. The van der Waals surface area contributed by atoms with Crippen LogP contribution in [0.25, 0.3) is 0 Å². The molecule has 88 valence electrons. The summed E-state index contributed by atoms with van der Waals surface area (Å²) in [6.07, 6.45) is 6.72. The van der Waals surface area contributed by atoms with Crippen molar-refractivity contribution in [3.05, 3.63) is 29.8 Å². The Kier molecular flexibility index (Phi) is 3.87. The first-order valence-corrected chi connectivity index (χ1v) is 6.66. The zero-order valence-corrected chi connectivity index (χ0v) is 10.5. The number of unbranched alkanes of at least 4 members (excludes halogenated alkanes) is 2. The summed E-state index contributed by atoms with van der Waals surface area (Å²) < 4.78 is 0. The predicted octanol–water partition coefficient (Wildman–Crippen LogP) is 4.55. The Balaban J connectivity index is 2.07. The van der Waals surface area contributed by atoms with Crippen LogP contribution in [0.1, 0.15) is 57.4 Å². The van der Waals surface area contributed by atoms with E-state index in [9.17, 15) is 0 Å². The molecule has 0 saturated carbocycles. The average Bonchev–Trinajstić information content (AvgIpc) is 2.29. The van der Waals surface area contributed by atoms with Crippen molar-refractivity contribution < 1.29 is 0 Å². The summed E-state index contributed by atoms with van der Waals surface area (Å²) in [6, 6.07) is 9.44. The fourth-order valence-electron chi connectivity index (χ4n) is 2.78. The Labute approximate surface area is 99.3 Å². The van der Waals surface area contributed by atoms with E-state index < -0.39 is 0 Å². The number of nitrogens with one attached hydrogen (secondary N) is 1. The second-order valence-electron chi connectivity index (χ2n) is 5.06. The monoisotopic (exact) mass is 217 g/mol. The van der Waals surface area contributed by atoms with E-state index in [0.717, 1.165) is 5.92 Å². The standard InChI is InChI=1S/C15H23N/c1-3-4-5-8-13-11-12(2)16-15-10-7-6-9-14(13)15/h6-7,9-10,12-13,16H,3-5,8,11H2,1-2H3/t12-,13+/m1/s1. The Morgan fingerprint density at radius 1 is 1.25 bits per heavy atom. The van der Waals surface area contributed by atoms with Crippen LogP contribution in [0.4, 0.5) is 5.69 Å². The van der Waals surface area contributed by atoms with Crippen LogP contribution in [0.5, 0.6) is 0 Å². The van der Waals surface area contributed by atoms with E-state index in [1.54, 1.807) is 0 Å². The third kappa shape index (κ3) is 2.58. The molecule has 1 aliphatic heterocycles. The molecule has 1 aliphatic rings. The predicted molar refractivity (Wildman–Crippen MR) is 71.0 cm³/mol. The molecule has 1 N–H and O–H groups in total. The highest BCUT2D eigenvalue weighted by molar-refractivity contribution is 5.55. The van der Waals surface area contributed by atoms with E-state index in [2.05, 4.69) is 43.4 Å². The van der Waals surface area contributed by atoms with Gasteiger partial charge in [0.2, 0.25) is 0 Å². The average molecular weight is 217 g/mol. The Morgan fingerprint density at radius 3 is 2.88 bits per heavy atom. The molecule has 1 heterocycles. The molecule has 1 heteroatoms. The highest BCUT2D eigenvalue weighted by atomic mass is 14.9. The Bertz CT molecular complexity index is 332. The zero-order chi connectivity index (χ0) is 11.4. The molecule has 16 heavy (non-hydrogen) atoms. The fourth-order valence-corrected chi connectivity index (χ4v) is 2.78. The van der Waals surface area contributed by atoms with Crippen LogP contribution < -0.4 is 5.32 Å². The first-order chi connectivity index (χ1) is 7.81. The highest BCUT2D eigenvalue weighted by Gasteiger charge is 2.22. The minimum atomic E-state index is 0.626. The summed E-state index contributed by atoms with van der Waals surface area (Å²) in [5.74, 6) is 0.777. The number of fused-ring (bicyclic) bond motifs is 1. The maximum atomic E-state index is 3.58. The quantitative estimate of drug-likeness (QED) is 0.729. The van der Waals surface area contributed by atoms with Gasteiger partial charge in [-0.15, -0.1) is 0 Å². The van der Waals surface area contributed by atoms with Gasteiger partial charge in [0.15, 0.2) is 0 Å². The third-order valence-electron chi connectivity index (χ3n) is 3.60. The molecule has 0 bridgehead atoms. The van der Waals surface area contributed by atoms with Crippen LogP contribution in [-0.2, 0) is 0 Å². The summed E-state index contributed by atoms with van der Waals surface area (Å²) in [5, 5.41) is 3.58. The van der Waals surface area contributed by atoms with Crippen LogP contribution in [0.2, 0.25) is 0 Å². The molecular weight excluding hydrogens is 194 g/mol. The number of para-hydroxylation sites is 1. The molecule has 1 aromatic carbocycles. The van der Waals surface area contributed by atoms with Crippen LogP contribution in [-0.4, -0.2) is 6.04 Å². The number of hydrogen-bond donors (Lipinski definition) is 1. The topological polar surface area (TPSA) is 12.0 Å². The molecule has 0 aliphatic carbocycles. The van der Waals surface area contributed by atoms with Gasteiger partial charge in [0.25, 0.3) is 0 Å². The van der Waals surface area contributed by atoms with E-state index in [4.69, 9.17) is 0 Å². The van der Waals surface area contributed by atoms with Crippen molar-refractivity contribution in [2.24, 2.45) is 0 Å². The lowest BCUT2D eigenvalue weighted by molar-refractivity contribution is 0.495. The van der Waals surface area contributed by atoms with Crippen molar-refractivity contribution in [1.82, 2.24) is 0 Å². The number of rotatable bonds is 4. The maximum absolute atomic E-state index is 3.58. The largest absolute Gasteiger partial charge is 0.382 e. The van der Waals surface area contributed by atoms with Gasteiger partial charge in [-0.25, -0.2) is 0 Å². The first kappa shape index (κ1) is 11.5. The Hall–Kier alpha value is -0.980. The number of anilines is 1. The van der Waals surface area contributed by atoms with Crippen molar-refractivity contribution in [2.45, 2.75) is 57.9 Å². The van der Waals surface area contributed by atoms with Gasteiger partial charge in [0.1, 0.15) is 0 Å². The van der Waals surface area contributed by atoms with E-state index in [-0.39, 0.29) is 0 Å². The molecule has 0 spiro atoms. The normalized spacial score (nSPS) is 23.6. The minimum Gasteiger partial charge on any atom is -0.382 e. The van der Waals surface area contributed by atoms with Crippen molar-refractivity contribution in [3.63, 3.8) is 0 Å². The summed E-state index contributed by atoms with van der Waals surface area (Å²) >= 11 is 0. The van der Waals surface area contributed by atoms with Crippen molar-refractivity contribution >= 4 is 5.69 Å². The van der Waals surface area contributed by atoms with E-state index in [0.29, 0.717) is 6.04 Å². The van der Waals surface area contributed by atoms with Crippen LogP contribution in [0.15, 0.2) is 24.3 Å². The second-order valence-corrected chi connectivity index (χ2v) is 5.06. The van der Waals surface area contributed by atoms with Crippen LogP contribution in [0.3, 0.4) is 0 Å². The van der Waals surface area contributed by atoms with Gasteiger partial charge in [-0.2, -0.15) is 0 Å². The van der Waals surface area contributed by atoms with Crippen molar-refractivity contribution in [3.8, 4) is 0 Å². The van der Waals surface area contributed by atoms with Gasteiger partial charge in [0, 0.05) is 11.7 Å². The maximum Gasteiger partial charge on any atom is 0.0377 e. The molecule has 0 aromatic heterocycles. The van der Waals surface area contributed by atoms with Gasteiger partial charge in [0.05, 0.1) is 0 Å². The molecular formula is C15H23N. The molecule has 0 amide bonds. The smallest absolute Gasteiger partial charge is 0.0377 e. The lowest BCUT2D eigenvalue weighted by Crippen LogP contribution is -2.25. The third-order valence-corrected chi connectivity index (χ3v) is 3.60. The highest BCUT2D eigenvalue weighted by Crippen LogP contribution is 2.37. The molecule has 1 aromatic rings. The van der Waals surface area contributed by atoms with Gasteiger partial charge in [-0.1, -0.05) is 44.4 Å². The van der Waals surface area contributed by atoms with E-state index >= 15 is 0 Å². The Morgan fingerprint density at radius 2 is 2.06 bits per heavy atom. The zero-order valence-electron chi connectivity index (χ0n) is 10.5. The van der Waals surface area contributed by atoms with Crippen molar-refractivity contribution in [1.29, 1.82) is 0 Å². The fraction of sp³-hybridized carbons (Fsp3) is 0.600. The lowest BCUT2D eigenvalue weighted by Gasteiger charge is -2.31. The van der Waals surface area contributed by atoms with E-state index in [1.165, 1.54) is 43.4 Å². The van der Waals surface area contributed by atoms with Gasteiger partial charge < -0.3 is 5.32 Å². The molecule has 0 unspecified atom stereocenters. The molecule has 0 saturated heterocycles. The second kappa shape index (κ2) is 5.38. The van der Waals surface area contributed by atoms with Gasteiger partial charge in [-0.05, 0) is 37.3 Å². The first-order valence-electron chi connectivity index (χ1n) is 6.66. The minimum absolute atomic E-state index is 0.626. The van der Waals surface area contributed by atoms with Crippen LogP contribution >= 0.6 is 0 Å². The van der Waals surface area contributed by atoms with E-state index in [1.807, 2.05) is 0 Å². The summed E-state index contributed by atoms with van der Waals surface area (Å²) in [4.78, 5) is 0. The molecule has 0 radical (unpaired) electrons. The molecule has 2 rings (SSSR count). The summed E-state index contributed by atoms with van der Waals surface area (Å²) in [5.41, 5.74) is 2.90. The lowest BCUT2D eigenvalue weighted by atomic mass is 9.84. The SMILES string of the molecule is CCCCC[C@H]1C[C@@H](C)Nc2ccccc21. The number of hydrogen-bond acceptors (Lipinski definition) is 1. The number of benzene rings is 1.